The summed E-state index contributed by atoms with van der Waals surface area (Å²) in [7, 11) is 0. The van der Waals surface area contributed by atoms with Crippen LogP contribution in [0.3, 0.4) is 0 Å². The van der Waals surface area contributed by atoms with Gasteiger partial charge in [-0.25, -0.2) is 9.98 Å². The molecule has 1 fully saturated rings. The van der Waals surface area contributed by atoms with Crippen LogP contribution in [0.4, 0.5) is 0 Å². The number of nitrogens with zero attached hydrogens (tertiary/aromatic N) is 3. The molecule has 28 heavy (non-hydrogen) atoms. The van der Waals surface area contributed by atoms with E-state index in [4.69, 9.17) is 4.42 Å². The number of aryl methyl sites for hydroxylation is 2. The Morgan fingerprint density at radius 3 is 2.43 bits per heavy atom. The van der Waals surface area contributed by atoms with Crippen LogP contribution in [-0.4, -0.2) is 35.5 Å². The molecule has 2 heterocycles. The fourth-order valence-electron chi connectivity index (χ4n) is 3.41. The van der Waals surface area contributed by atoms with E-state index in [-0.39, 0.29) is 0 Å². The van der Waals surface area contributed by atoms with Crippen molar-refractivity contribution < 1.29 is 4.42 Å². The van der Waals surface area contributed by atoms with Gasteiger partial charge in [-0.15, -0.1) is 0 Å². The van der Waals surface area contributed by atoms with Gasteiger partial charge in [0.15, 0.2) is 5.96 Å². The lowest BCUT2D eigenvalue weighted by atomic mass is 10.1. The first-order valence-electron chi connectivity index (χ1n) is 10.4. The van der Waals surface area contributed by atoms with Gasteiger partial charge in [-0.3, -0.25) is 4.90 Å². The summed E-state index contributed by atoms with van der Waals surface area (Å²) >= 11 is 0. The number of hydrogen-bond donors (Lipinski definition) is 2. The van der Waals surface area contributed by atoms with Gasteiger partial charge in [-0.05, 0) is 57.8 Å². The summed E-state index contributed by atoms with van der Waals surface area (Å²) in [6.45, 7) is 11.4. The molecule has 1 aromatic carbocycles. The first-order chi connectivity index (χ1) is 13.6. The van der Waals surface area contributed by atoms with E-state index < -0.39 is 0 Å². The van der Waals surface area contributed by atoms with Gasteiger partial charge in [0.1, 0.15) is 5.76 Å². The zero-order valence-corrected chi connectivity index (χ0v) is 17.4. The second-order valence-corrected chi connectivity index (χ2v) is 7.45. The Bertz CT molecular complexity index is 740. The van der Waals surface area contributed by atoms with Crippen molar-refractivity contribution in [2.75, 3.05) is 19.6 Å². The third-order valence-electron chi connectivity index (χ3n) is 5.12. The smallest absolute Gasteiger partial charge is 0.214 e. The summed E-state index contributed by atoms with van der Waals surface area (Å²) in [6, 6.07) is 8.84. The molecule has 6 heteroatoms. The van der Waals surface area contributed by atoms with Crippen molar-refractivity contribution in [2.45, 2.75) is 59.7 Å². The Hall–Kier alpha value is -2.34. The third-order valence-corrected chi connectivity index (χ3v) is 5.12. The average molecular weight is 384 g/mol. The molecule has 0 amide bonds. The van der Waals surface area contributed by atoms with Crippen molar-refractivity contribution >= 4 is 5.96 Å². The molecular weight excluding hydrogens is 350 g/mol. The summed E-state index contributed by atoms with van der Waals surface area (Å²) in [5.74, 6) is 2.32. The van der Waals surface area contributed by atoms with Gasteiger partial charge >= 0.3 is 0 Å². The molecule has 152 valence electrons. The quantitative estimate of drug-likeness (QED) is 0.566. The standard InChI is InChI=1S/C22H33N5O/c1-4-23-22(25-15-21-26-17(2)18(3)28-21)24-14-19-8-10-20(11-9-19)16-27-12-6-5-7-13-27/h8-11H,4-7,12-16H2,1-3H3,(H2,23,24,25). The first-order valence-corrected chi connectivity index (χ1v) is 10.4. The van der Waals surface area contributed by atoms with Gasteiger partial charge in [0.25, 0.3) is 0 Å². The van der Waals surface area contributed by atoms with Crippen LogP contribution in [0.1, 0.15) is 54.7 Å². The molecule has 1 aromatic heterocycles. The fraction of sp³-hybridized carbons (Fsp3) is 0.545. The highest BCUT2D eigenvalue weighted by atomic mass is 16.4. The number of benzene rings is 1. The molecule has 0 radical (unpaired) electrons. The number of aliphatic imine (C=N–C) groups is 1. The van der Waals surface area contributed by atoms with Crippen molar-refractivity contribution in [3.05, 3.63) is 52.7 Å². The zero-order chi connectivity index (χ0) is 19.8. The van der Waals surface area contributed by atoms with Crippen molar-refractivity contribution in [3.63, 3.8) is 0 Å². The molecule has 3 rings (SSSR count). The van der Waals surface area contributed by atoms with Crippen LogP contribution in [0.25, 0.3) is 0 Å². The van der Waals surface area contributed by atoms with Gasteiger partial charge in [-0.2, -0.15) is 0 Å². The highest BCUT2D eigenvalue weighted by Crippen LogP contribution is 2.14. The minimum atomic E-state index is 0.523. The lowest BCUT2D eigenvalue weighted by Crippen LogP contribution is -2.36. The molecule has 1 aliphatic rings. The van der Waals surface area contributed by atoms with Crippen molar-refractivity contribution in [1.29, 1.82) is 0 Å². The Balaban J connectivity index is 1.52. The van der Waals surface area contributed by atoms with Gasteiger partial charge < -0.3 is 15.1 Å². The number of aromatic nitrogens is 1. The van der Waals surface area contributed by atoms with Gasteiger partial charge in [0.2, 0.25) is 5.89 Å². The Morgan fingerprint density at radius 1 is 1.07 bits per heavy atom. The zero-order valence-electron chi connectivity index (χ0n) is 17.4. The molecule has 0 spiro atoms. The SMILES string of the molecule is CCNC(=NCc1ccc(CN2CCCCC2)cc1)NCc1nc(C)c(C)o1. The Labute approximate surface area is 168 Å². The van der Waals surface area contributed by atoms with E-state index in [1.165, 1.54) is 43.5 Å². The number of guanidine groups is 1. The van der Waals surface area contributed by atoms with Crippen LogP contribution >= 0.6 is 0 Å². The maximum absolute atomic E-state index is 5.62. The normalized spacial score (nSPS) is 15.6. The number of oxazole rings is 1. The number of likely N-dealkylation sites (tertiary alicyclic amines) is 1. The molecule has 0 bridgehead atoms. The molecule has 2 aromatic rings. The van der Waals surface area contributed by atoms with E-state index in [9.17, 15) is 0 Å². The van der Waals surface area contributed by atoms with Gasteiger partial charge in [0.05, 0.1) is 18.8 Å². The summed E-state index contributed by atoms with van der Waals surface area (Å²) in [5, 5.41) is 6.56. The minimum absolute atomic E-state index is 0.523. The van der Waals surface area contributed by atoms with E-state index in [0.717, 1.165) is 30.5 Å². The molecular formula is C22H33N5O. The summed E-state index contributed by atoms with van der Waals surface area (Å²) < 4.78 is 5.62. The number of piperidine rings is 1. The van der Waals surface area contributed by atoms with Gasteiger partial charge in [-0.1, -0.05) is 30.7 Å². The first kappa shape index (κ1) is 20.4. The van der Waals surface area contributed by atoms with Crippen LogP contribution < -0.4 is 10.6 Å². The van der Waals surface area contributed by atoms with E-state index in [1.807, 2.05) is 13.8 Å². The molecule has 0 aliphatic carbocycles. The minimum Gasteiger partial charge on any atom is -0.444 e. The summed E-state index contributed by atoms with van der Waals surface area (Å²) in [4.78, 5) is 11.6. The molecule has 2 N–H and O–H groups in total. The molecule has 0 saturated carbocycles. The van der Waals surface area contributed by atoms with E-state index in [0.29, 0.717) is 19.0 Å². The lowest BCUT2D eigenvalue weighted by molar-refractivity contribution is 0.221. The van der Waals surface area contributed by atoms with E-state index in [1.54, 1.807) is 0 Å². The van der Waals surface area contributed by atoms with Crippen molar-refractivity contribution in [1.82, 2.24) is 20.5 Å². The highest BCUT2D eigenvalue weighted by Gasteiger charge is 2.10. The van der Waals surface area contributed by atoms with Crippen LogP contribution in [0.5, 0.6) is 0 Å². The molecule has 0 unspecified atom stereocenters. The van der Waals surface area contributed by atoms with E-state index >= 15 is 0 Å². The van der Waals surface area contributed by atoms with Gasteiger partial charge in [0, 0.05) is 13.1 Å². The molecule has 0 atom stereocenters. The Morgan fingerprint density at radius 2 is 1.79 bits per heavy atom. The molecule has 1 aliphatic heterocycles. The van der Waals surface area contributed by atoms with Crippen LogP contribution in [0.2, 0.25) is 0 Å². The second kappa shape index (κ2) is 10.3. The van der Waals surface area contributed by atoms with E-state index in [2.05, 4.69) is 56.7 Å². The maximum atomic E-state index is 5.62. The largest absolute Gasteiger partial charge is 0.444 e. The van der Waals surface area contributed by atoms with Crippen molar-refractivity contribution in [3.8, 4) is 0 Å². The second-order valence-electron chi connectivity index (χ2n) is 7.45. The average Bonchev–Trinajstić information content (AvgIpc) is 3.03. The predicted octanol–water partition coefficient (Wildman–Crippen LogP) is 3.53. The van der Waals surface area contributed by atoms with Crippen LogP contribution in [-0.2, 0) is 19.6 Å². The summed E-state index contributed by atoms with van der Waals surface area (Å²) in [6.07, 6.45) is 4.05. The number of nitrogens with one attached hydrogen (secondary N) is 2. The van der Waals surface area contributed by atoms with Crippen LogP contribution in [0, 0.1) is 13.8 Å². The fourth-order valence-corrected chi connectivity index (χ4v) is 3.41. The number of hydrogen-bond acceptors (Lipinski definition) is 4. The van der Waals surface area contributed by atoms with Crippen molar-refractivity contribution in [2.24, 2.45) is 4.99 Å². The maximum Gasteiger partial charge on any atom is 0.214 e. The summed E-state index contributed by atoms with van der Waals surface area (Å²) in [5.41, 5.74) is 3.53. The highest BCUT2D eigenvalue weighted by molar-refractivity contribution is 5.79. The predicted molar refractivity (Wildman–Crippen MR) is 113 cm³/mol. The lowest BCUT2D eigenvalue weighted by Gasteiger charge is -2.26. The number of rotatable bonds is 7. The topological polar surface area (TPSA) is 65.7 Å². The third kappa shape index (κ3) is 6.09. The Kier molecular flexibility index (Phi) is 7.48. The van der Waals surface area contributed by atoms with Crippen LogP contribution in [0.15, 0.2) is 33.7 Å². The molecule has 6 nitrogen and oxygen atoms in total. The monoisotopic (exact) mass is 383 g/mol. The molecule has 1 saturated heterocycles.